The van der Waals surface area contributed by atoms with Gasteiger partial charge in [-0.3, -0.25) is 0 Å². The van der Waals surface area contributed by atoms with Crippen molar-refractivity contribution in [1.29, 1.82) is 0 Å². The first kappa shape index (κ1) is 20.4. The van der Waals surface area contributed by atoms with Crippen LogP contribution in [-0.2, 0) is 32.2 Å². The summed E-state index contributed by atoms with van der Waals surface area (Å²) in [5, 5.41) is 0. The van der Waals surface area contributed by atoms with Crippen molar-refractivity contribution in [2.45, 2.75) is 46.1 Å². The van der Waals surface area contributed by atoms with Crippen LogP contribution < -0.4 is 4.74 Å². The number of ether oxygens (including phenoxy) is 1. The van der Waals surface area contributed by atoms with Gasteiger partial charge < -0.3 is 14.5 Å². The average Bonchev–Trinajstić information content (AvgIpc) is 2.67. The van der Waals surface area contributed by atoms with Crippen LogP contribution in [0.2, 0.25) is 0 Å². The Kier molecular flexibility index (Phi) is 6.74. The number of aryl methyl sites for hydroxylation is 4. The van der Waals surface area contributed by atoms with Gasteiger partial charge in [0.15, 0.2) is 0 Å². The Morgan fingerprint density at radius 2 is 1.39 bits per heavy atom. The second-order valence-electron chi connectivity index (χ2n) is 7.79. The molecular formula is C24H32N2O2. The van der Waals surface area contributed by atoms with Gasteiger partial charge >= 0.3 is 6.09 Å². The quantitative estimate of drug-likeness (QED) is 0.767. The third-order valence-corrected chi connectivity index (χ3v) is 5.51. The molecule has 1 amide bonds. The minimum absolute atomic E-state index is 0.251. The molecule has 0 unspecified atom stereocenters. The fourth-order valence-corrected chi connectivity index (χ4v) is 3.83. The summed E-state index contributed by atoms with van der Waals surface area (Å²) in [6, 6.07) is 13.3. The van der Waals surface area contributed by atoms with E-state index >= 15 is 0 Å². The molecule has 4 bridgehead atoms. The van der Waals surface area contributed by atoms with Gasteiger partial charge in [-0.15, -0.1) is 0 Å². The lowest BCUT2D eigenvalue weighted by atomic mass is 9.92. The first-order valence-electron chi connectivity index (χ1n) is 10.3. The first-order valence-corrected chi connectivity index (χ1v) is 10.3. The molecule has 6 rings (SSSR count). The molecule has 4 aliphatic carbocycles. The van der Waals surface area contributed by atoms with Crippen LogP contribution in [0, 0.1) is 0 Å². The number of carbonyl (C=O) groups is 1. The normalized spacial score (nSPS) is 13.3. The Bertz CT molecular complexity index is 808. The first-order chi connectivity index (χ1) is 13.5. The Morgan fingerprint density at radius 3 is 1.93 bits per heavy atom. The van der Waals surface area contributed by atoms with Crippen molar-refractivity contribution in [1.82, 2.24) is 9.80 Å². The van der Waals surface area contributed by atoms with E-state index in [1.54, 1.807) is 4.90 Å². The SMILES string of the molecule is CCN(CC)C(=O)Oc1c2ccc(c1CN(C)C)CCc1ccc(cc1)CC2. The minimum atomic E-state index is -0.251. The number of benzene rings is 2. The summed E-state index contributed by atoms with van der Waals surface area (Å²) >= 11 is 0. The fourth-order valence-electron chi connectivity index (χ4n) is 3.83. The summed E-state index contributed by atoms with van der Waals surface area (Å²) in [7, 11) is 4.13. The highest BCUT2D eigenvalue weighted by molar-refractivity contribution is 5.72. The van der Waals surface area contributed by atoms with E-state index in [1.165, 1.54) is 16.7 Å². The largest absolute Gasteiger partial charge is 0.415 e. The van der Waals surface area contributed by atoms with Crippen LogP contribution in [0.15, 0.2) is 36.4 Å². The van der Waals surface area contributed by atoms with Crippen molar-refractivity contribution in [2.24, 2.45) is 0 Å². The van der Waals surface area contributed by atoms with E-state index in [9.17, 15) is 4.79 Å². The molecule has 0 atom stereocenters. The molecule has 4 nitrogen and oxygen atoms in total. The van der Waals surface area contributed by atoms with Gasteiger partial charge in [-0.05, 0) is 75.9 Å². The Balaban J connectivity index is 2.03. The highest BCUT2D eigenvalue weighted by Gasteiger charge is 2.21. The zero-order valence-corrected chi connectivity index (χ0v) is 17.6. The molecule has 0 fully saturated rings. The van der Waals surface area contributed by atoms with E-state index in [1.807, 2.05) is 13.8 Å². The molecule has 28 heavy (non-hydrogen) atoms. The molecule has 0 aromatic heterocycles. The Hall–Kier alpha value is -2.33. The number of carbonyl (C=O) groups excluding carboxylic acids is 1. The van der Waals surface area contributed by atoms with Gasteiger partial charge in [0, 0.05) is 25.2 Å². The number of nitrogens with zero attached hydrogens (tertiary/aromatic N) is 2. The summed E-state index contributed by atoms with van der Waals surface area (Å²) in [5.41, 5.74) is 6.21. The van der Waals surface area contributed by atoms with Crippen molar-refractivity contribution < 1.29 is 9.53 Å². The van der Waals surface area contributed by atoms with Gasteiger partial charge in [0.1, 0.15) is 5.75 Å². The predicted octanol–water partition coefficient (Wildman–Crippen LogP) is 4.47. The highest BCUT2D eigenvalue weighted by Crippen LogP contribution is 2.32. The smallest absolute Gasteiger partial charge is 0.410 e. The summed E-state index contributed by atoms with van der Waals surface area (Å²) in [5.74, 6) is 0.776. The van der Waals surface area contributed by atoms with E-state index in [-0.39, 0.29) is 6.09 Å². The van der Waals surface area contributed by atoms with Crippen LogP contribution in [-0.4, -0.2) is 43.1 Å². The summed E-state index contributed by atoms with van der Waals surface area (Å²) in [4.78, 5) is 16.6. The highest BCUT2D eigenvalue weighted by atomic mass is 16.6. The predicted molar refractivity (Wildman–Crippen MR) is 114 cm³/mol. The molecule has 0 heterocycles. The van der Waals surface area contributed by atoms with Crippen LogP contribution >= 0.6 is 0 Å². The van der Waals surface area contributed by atoms with E-state index < -0.39 is 0 Å². The van der Waals surface area contributed by atoms with Crippen LogP contribution in [0.3, 0.4) is 0 Å². The van der Waals surface area contributed by atoms with Crippen LogP contribution in [0.4, 0.5) is 4.79 Å². The molecule has 0 N–H and O–H groups in total. The maximum Gasteiger partial charge on any atom is 0.415 e. The fraction of sp³-hybridized carbons (Fsp3) is 0.458. The number of rotatable bonds is 5. The zero-order valence-electron chi connectivity index (χ0n) is 17.6. The number of amides is 1. The van der Waals surface area contributed by atoms with E-state index in [0.717, 1.165) is 49.1 Å². The van der Waals surface area contributed by atoms with E-state index in [4.69, 9.17) is 4.74 Å². The molecule has 0 aliphatic heterocycles. The maximum atomic E-state index is 12.8. The third kappa shape index (κ3) is 4.74. The van der Waals surface area contributed by atoms with Gasteiger partial charge in [-0.2, -0.15) is 0 Å². The van der Waals surface area contributed by atoms with Gasteiger partial charge in [0.05, 0.1) is 0 Å². The second-order valence-corrected chi connectivity index (χ2v) is 7.79. The standard InChI is InChI=1S/C24H32N2O2/c1-5-26(6-2)24(27)28-23-21-14-12-19-9-7-18(8-10-19)11-13-20(15-16-21)22(23)17-25(3)4/h7-10,15-16H,5-6,11-14,17H2,1-4H3. The monoisotopic (exact) mass is 380 g/mol. The maximum absolute atomic E-state index is 12.8. The number of hydrogen-bond acceptors (Lipinski definition) is 3. The Labute approximate surface area is 169 Å². The molecule has 150 valence electrons. The molecule has 0 radical (unpaired) electrons. The lowest BCUT2D eigenvalue weighted by Crippen LogP contribution is -2.33. The van der Waals surface area contributed by atoms with Crippen LogP contribution in [0.5, 0.6) is 5.75 Å². The van der Waals surface area contributed by atoms with Crippen LogP contribution in [0.25, 0.3) is 0 Å². The van der Waals surface area contributed by atoms with Gasteiger partial charge in [0.2, 0.25) is 0 Å². The van der Waals surface area contributed by atoms with E-state index in [2.05, 4.69) is 55.4 Å². The van der Waals surface area contributed by atoms with Crippen molar-refractivity contribution in [3.05, 3.63) is 64.2 Å². The second kappa shape index (κ2) is 9.24. The molecule has 2 aromatic rings. The van der Waals surface area contributed by atoms with Crippen molar-refractivity contribution in [2.75, 3.05) is 27.2 Å². The summed E-state index contributed by atoms with van der Waals surface area (Å²) in [6.07, 6.45) is 3.48. The molecule has 2 aromatic carbocycles. The lowest BCUT2D eigenvalue weighted by Gasteiger charge is -2.24. The van der Waals surface area contributed by atoms with E-state index in [0.29, 0.717) is 13.1 Å². The average molecular weight is 381 g/mol. The zero-order chi connectivity index (χ0) is 20.1. The molecule has 4 heteroatoms. The van der Waals surface area contributed by atoms with Crippen molar-refractivity contribution in [3.63, 3.8) is 0 Å². The Morgan fingerprint density at radius 1 is 0.857 bits per heavy atom. The van der Waals surface area contributed by atoms with Crippen molar-refractivity contribution in [3.8, 4) is 5.75 Å². The summed E-state index contributed by atoms with van der Waals surface area (Å²) < 4.78 is 6.05. The van der Waals surface area contributed by atoms with Gasteiger partial charge in [-0.1, -0.05) is 36.4 Å². The molecule has 0 saturated carbocycles. The summed E-state index contributed by atoms with van der Waals surface area (Å²) in [6.45, 7) is 6.04. The van der Waals surface area contributed by atoms with Crippen LogP contribution in [0.1, 0.15) is 41.7 Å². The molecule has 0 spiro atoms. The third-order valence-electron chi connectivity index (χ3n) is 5.51. The number of hydrogen-bond donors (Lipinski definition) is 0. The molecular weight excluding hydrogens is 348 g/mol. The molecule has 0 saturated heterocycles. The topological polar surface area (TPSA) is 32.8 Å². The molecule has 4 aliphatic rings. The lowest BCUT2D eigenvalue weighted by molar-refractivity contribution is 0.156. The van der Waals surface area contributed by atoms with Gasteiger partial charge in [-0.25, -0.2) is 4.79 Å². The minimum Gasteiger partial charge on any atom is -0.410 e. The van der Waals surface area contributed by atoms with Crippen molar-refractivity contribution >= 4 is 6.09 Å². The van der Waals surface area contributed by atoms with Gasteiger partial charge in [0.25, 0.3) is 0 Å².